The molecule has 0 aliphatic heterocycles. The van der Waals surface area contributed by atoms with Crippen molar-refractivity contribution in [2.24, 2.45) is 23.5 Å². The van der Waals surface area contributed by atoms with Gasteiger partial charge in [-0.2, -0.15) is 0 Å². The first-order valence-corrected chi connectivity index (χ1v) is 12.1. The molecule has 0 saturated heterocycles. The zero-order valence-electron chi connectivity index (χ0n) is 20.6. The van der Waals surface area contributed by atoms with Gasteiger partial charge in [-0.05, 0) is 87.9 Å². The lowest BCUT2D eigenvalue weighted by molar-refractivity contribution is -0.124. The zero-order chi connectivity index (χ0) is 25.3. The van der Waals surface area contributed by atoms with Crippen molar-refractivity contribution < 1.29 is 14.2 Å². The first kappa shape index (κ1) is 24.6. The van der Waals surface area contributed by atoms with Crippen molar-refractivity contribution in [3.63, 3.8) is 0 Å². The van der Waals surface area contributed by atoms with Gasteiger partial charge in [0.2, 0.25) is 5.91 Å². The maximum atomic E-state index is 13.8. The van der Waals surface area contributed by atoms with E-state index in [0.717, 1.165) is 25.7 Å². The van der Waals surface area contributed by atoms with Crippen LogP contribution in [0.25, 0.3) is 5.57 Å². The van der Waals surface area contributed by atoms with Gasteiger partial charge in [0.25, 0.3) is 5.91 Å². The molecule has 2 fully saturated rings. The third-order valence-electron chi connectivity index (χ3n) is 6.92. The molecule has 4 rings (SSSR count). The average molecular weight is 480 g/mol. The van der Waals surface area contributed by atoms with E-state index in [-0.39, 0.29) is 17.5 Å². The lowest BCUT2D eigenvalue weighted by Gasteiger charge is -2.37. The van der Waals surface area contributed by atoms with Crippen LogP contribution in [0.15, 0.2) is 28.7 Å². The Hall–Kier alpha value is -3.56. The van der Waals surface area contributed by atoms with E-state index < -0.39 is 11.4 Å². The van der Waals surface area contributed by atoms with Gasteiger partial charge >= 0.3 is 0 Å². The standard InChI is InChI=1S/C25H33N7O3/c1-5-18-22(32-35-31-18)23(33)30-25(4,21(15-6-7-15)16-8-9-16)24(34)29-17-10-11-19(28-12-17)20(13(2)26)14(3)27/h10-12,15-16,21,26H,5-9,27H2,1-4H3,(H,29,34)(H,30,33)/b20-14+,26-13?. The summed E-state index contributed by atoms with van der Waals surface area (Å²) < 4.78 is 4.78. The molecule has 35 heavy (non-hydrogen) atoms. The van der Waals surface area contributed by atoms with Gasteiger partial charge < -0.3 is 21.8 Å². The van der Waals surface area contributed by atoms with Crippen LogP contribution >= 0.6 is 0 Å². The van der Waals surface area contributed by atoms with Gasteiger partial charge in [0.05, 0.1) is 17.6 Å². The number of aromatic nitrogens is 3. The normalized spacial score (nSPS) is 18.0. The fourth-order valence-corrected chi connectivity index (χ4v) is 5.00. The van der Waals surface area contributed by atoms with Gasteiger partial charge in [0.15, 0.2) is 5.69 Å². The van der Waals surface area contributed by atoms with E-state index in [1.807, 2.05) is 6.92 Å². The highest BCUT2D eigenvalue weighted by Crippen LogP contribution is 2.53. The highest BCUT2D eigenvalue weighted by Gasteiger charge is 2.55. The van der Waals surface area contributed by atoms with Crippen molar-refractivity contribution in [2.45, 2.75) is 65.3 Å². The molecule has 1 unspecified atom stereocenters. The van der Waals surface area contributed by atoms with Crippen molar-refractivity contribution in [3.05, 3.63) is 41.1 Å². The van der Waals surface area contributed by atoms with Crippen LogP contribution in [0.3, 0.4) is 0 Å². The van der Waals surface area contributed by atoms with Crippen LogP contribution in [0, 0.1) is 23.2 Å². The summed E-state index contributed by atoms with van der Waals surface area (Å²) in [5.74, 6) is 0.0633. The van der Waals surface area contributed by atoms with Crippen molar-refractivity contribution in [1.29, 1.82) is 5.41 Å². The quantitative estimate of drug-likeness (QED) is 0.380. The third kappa shape index (κ3) is 5.11. The smallest absolute Gasteiger partial charge is 0.276 e. The number of hydrogen-bond acceptors (Lipinski definition) is 8. The van der Waals surface area contributed by atoms with E-state index >= 15 is 0 Å². The number of carbonyl (C=O) groups is 2. The number of nitrogens with two attached hydrogens (primary N) is 1. The molecule has 2 saturated carbocycles. The minimum Gasteiger partial charge on any atom is -0.402 e. The Morgan fingerprint density at radius 3 is 2.34 bits per heavy atom. The summed E-state index contributed by atoms with van der Waals surface area (Å²) in [6.45, 7) is 7.05. The summed E-state index contributed by atoms with van der Waals surface area (Å²) >= 11 is 0. The molecule has 10 heteroatoms. The molecule has 2 heterocycles. The van der Waals surface area contributed by atoms with E-state index in [1.54, 1.807) is 39.1 Å². The molecule has 2 amide bonds. The van der Waals surface area contributed by atoms with E-state index in [1.165, 1.54) is 0 Å². The molecule has 0 aromatic carbocycles. The summed E-state index contributed by atoms with van der Waals surface area (Å²) in [7, 11) is 0. The topological polar surface area (TPSA) is 160 Å². The zero-order valence-corrected chi connectivity index (χ0v) is 20.6. The first-order chi connectivity index (χ1) is 16.7. The number of allylic oxidation sites excluding steroid dienone is 2. The second-order valence-corrected chi connectivity index (χ2v) is 9.84. The van der Waals surface area contributed by atoms with Crippen molar-refractivity contribution in [3.8, 4) is 0 Å². The number of nitrogens with one attached hydrogen (secondary N) is 3. The van der Waals surface area contributed by atoms with Gasteiger partial charge in [-0.15, -0.1) is 0 Å². The highest BCUT2D eigenvalue weighted by molar-refractivity contribution is 6.21. The van der Waals surface area contributed by atoms with Gasteiger partial charge in [0.1, 0.15) is 11.2 Å². The number of hydrogen-bond donors (Lipinski definition) is 4. The Morgan fingerprint density at radius 2 is 1.86 bits per heavy atom. The molecule has 2 aromatic rings. The van der Waals surface area contributed by atoms with E-state index in [9.17, 15) is 9.59 Å². The fraction of sp³-hybridized carbons (Fsp3) is 0.520. The van der Waals surface area contributed by atoms with Gasteiger partial charge in [0, 0.05) is 17.0 Å². The Balaban J connectivity index is 1.60. The molecule has 0 spiro atoms. The Morgan fingerprint density at radius 1 is 1.20 bits per heavy atom. The average Bonchev–Trinajstić information content (AvgIpc) is 3.74. The lowest BCUT2D eigenvalue weighted by Crippen LogP contribution is -2.60. The highest BCUT2D eigenvalue weighted by atomic mass is 16.6. The molecular weight excluding hydrogens is 446 g/mol. The summed E-state index contributed by atoms with van der Waals surface area (Å²) in [6, 6.07) is 3.46. The molecule has 0 bridgehead atoms. The summed E-state index contributed by atoms with van der Waals surface area (Å²) in [5, 5.41) is 21.5. The van der Waals surface area contributed by atoms with Gasteiger partial charge in [-0.25, -0.2) is 4.63 Å². The number of rotatable bonds is 10. The first-order valence-electron chi connectivity index (χ1n) is 12.1. The number of aryl methyl sites for hydroxylation is 1. The van der Waals surface area contributed by atoms with Crippen LogP contribution < -0.4 is 16.4 Å². The lowest BCUT2D eigenvalue weighted by atomic mass is 9.77. The summed E-state index contributed by atoms with van der Waals surface area (Å²) in [4.78, 5) is 31.4. The van der Waals surface area contributed by atoms with Crippen LogP contribution in [0.5, 0.6) is 0 Å². The maximum Gasteiger partial charge on any atom is 0.276 e. The third-order valence-corrected chi connectivity index (χ3v) is 6.92. The van der Waals surface area contributed by atoms with E-state index in [2.05, 4.69) is 25.9 Å². The predicted molar refractivity (Wildman–Crippen MR) is 132 cm³/mol. The predicted octanol–water partition coefficient (Wildman–Crippen LogP) is 3.32. The monoisotopic (exact) mass is 479 g/mol. The minimum absolute atomic E-state index is 0.0265. The Kier molecular flexibility index (Phi) is 6.73. The van der Waals surface area contributed by atoms with Gasteiger partial charge in [-0.1, -0.05) is 12.1 Å². The minimum atomic E-state index is -1.15. The van der Waals surface area contributed by atoms with Crippen LogP contribution in [0.2, 0.25) is 0 Å². The van der Waals surface area contributed by atoms with Crippen molar-refractivity contribution in [2.75, 3.05) is 5.32 Å². The SMILES string of the molecule is CCc1nonc1C(=O)NC(C)(C(=O)Nc1ccc(/C(C(C)=N)=C(\C)N)nc1)C(C1CC1)C1CC1. The van der Waals surface area contributed by atoms with Crippen molar-refractivity contribution >= 4 is 28.8 Å². The Bertz CT molecular complexity index is 1150. The van der Waals surface area contributed by atoms with E-state index in [4.69, 9.17) is 15.8 Å². The van der Waals surface area contributed by atoms with Crippen LogP contribution in [0.4, 0.5) is 5.69 Å². The molecule has 10 nitrogen and oxygen atoms in total. The van der Waals surface area contributed by atoms with E-state index in [0.29, 0.717) is 52.3 Å². The number of nitrogens with zero attached hydrogens (tertiary/aromatic N) is 3. The molecule has 1 atom stereocenters. The molecule has 5 N–H and O–H groups in total. The molecule has 0 radical (unpaired) electrons. The van der Waals surface area contributed by atoms with Crippen LogP contribution in [-0.4, -0.2) is 38.4 Å². The number of carbonyl (C=O) groups excluding carboxylic acids is 2. The van der Waals surface area contributed by atoms with Crippen LogP contribution in [-0.2, 0) is 11.2 Å². The molecular formula is C25H33N7O3. The van der Waals surface area contributed by atoms with Crippen molar-refractivity contribution in [1.82, 2.24) is 20.6 Å². The fourth-order valence-electron chi connectivity index (χ4n) is 5.00. The summed E-state index contributed by atoms with van der Waals surface area (Å²) in [5.41, 5.74) is 7.79. The maximum absolute atomic E-state index is 13.8. The Labute approximate surface area is 204 Å². The number of anilines is 1. The summed E-state index contributed by atoms with van der Waals surface area (Å²) in [6.07, 6.45) is 6.25. The van der Waals surface area contributed by atoms with Crippen LogP contribution in [0.1, 0.15) is 75.3 Å². The largest absolute Gasteiger partial charge is 0.402 e. The molecule has 2 aliphatic carbocycles. The second-order valence-electron chi connectivity index (χ2n) is 9.84. The number of amides is 2. The van der Waals surface area contributed by atoms with Gasteiger partial charge in [-0.3, -0.25) is 14.6 Å². The molecule has 2 aromatic heterocycles. The number of pyridine rings is 1. The molecule has 2 aliphatic rings. The molecule has 186 valence electrons. The second kappa shape index (κ2) is 9.59.